The van der Waals surface area contributed by atoms with E-state index < -0.39 is 27.3 Å². The van der Waals surface area contributed by atoms with E-state index >= 15 is 0 Å². The van der Waals surface area contributed by atoms with Crippen LogP contribution < -0.4 is 4.72 Å². The Kier molecular flexibility index (Phi) is 3.87. The van der Waals surface area contributed by atoms with Gasteiger partial charge in [0.15, 0.2) is 0 Å². The van der Waals surface area contributed by atoms with Gasteiger partial charge in [-0.3, -0.25) is 4.72 Å². The first-order valence-corrected chi connectivity index (χ1v) is 8.54. The van der Waals surface area contributed by atoms with Crippen LogP contribution in [0.1, 0.15) is 24.0 Å². The van der Waals surface area contributed by atoms with Crippen molar-refractivity contribution < 1.29 is 17.2 Å². The second-order valence-electron chi connectivity index (χ2n) is 5.37. The van der Waals surface area contributed by atoms with Crippen molar-refractivity contribution in [1.82, 2.24) is 0 Å². The van der Waals surface area contributed by atoms with Crippen LogP contribution in [0.15, 0.2) is 41.3 Å². The normalized spacial score (nSPS) is 14.5. The predicted octanol–water partition coefficient (Wildman–Crippen LogP) is 3.64. The molecule has 0 saturated carbocycles. The van der Waals surface area contributed by atoms with Crippen molar-refractivity contribution in [2.45, 2.75) is 30.6 Å². The minimum Gasteiger partial charge on any atom is -0.277 e. The number of hydrogen-bond acceptors (Lipinski definition) is 2. The highest BCUT2D eigenvalue weighted by Crippen LogP contribution is 2.26. The van der Waals surface area contributed by atoms with Crippen LogP contribution in [-0.2, 0) is 22.9 Å². The van der Waals surface area contributed by atoms with Crippen molar-refractivity contribution in [2.24, 2.45) is 0 Å². The molecule has 0 unspecified atom stereocenters. The number of rotatable bonds is 3. The Bertz CT molecular complexity index is 819. The Labute approximate surface area is 128 Å². The average molecular weight is 323 g/mol. The summed E-state index contributed by atoms with van der Waals surface area (Å²) < 4.78 is 53.6. The van der Waals surface area contributed by atoms with E-state index in [0.29, 0.717) is 0 Å². The average Bonchev–Trinajstić information content (AvgIpc) is 2.50. The molecule has 2 aromatic rings. The number of anilines is 1. The summed E-state index contributed by atoms with van der Waals surface area (Å²) in [5.41, 5.74) is 1.77. The summed E-state index contributed by atoms with van der Waals surface area (Å²) in [4.78, 5) is 0.0665. The minimum atomic E-state index is -3.94. The van der Waals surface area contributed by atoms with Gasteiger partial charge >= 0.3 is 0 Å². The van der Waals surface area contributed by atoms with E-state index in [1.165, 1.54) is 6.07 Å². The standard InChI is InChI=1S/C16H15F2NO2S/c17-13-6-8-15(18)16(10-13)19-22(20,21)14-7-5-11-3-1-2-4-12(11)9-14/h5-10,19H,1-4H2. The molecule has 6 heteroatoms. The van der Waals surface area contributed by atoms with Gasteiger partial charge in [-0.15, -0.1) is 0 Å². The third-order valence-electron chi connectivity index (χ3n) is 3.80. The predicted molar refractivity (Wildman–Crippen MR) is 80.3 cm³/mol. The van der Waals surface area contributed by atoms with Gasteiger partial charge in [0.05, 0.1) is 10.6 Å². The van der Waals surface area contributed by atoms with Gasteiger partial charge < -0.3 is 0 Å². The highest BCUT2D eigenvalue weighted by molar-refractivity contribution is 7.92. The van der Waals surface area contributed by atoms with Crippen LogP contribution in [0.25, 0.3) is 0 Å². The summed E-state index contributed by atoms with van der Waals surface area (Å²) >= 11 is 0. The number of halogens is 2. The summed E-state index contributed by atoms with van der Waals surface area (Å²) in [6, 6.07) is 7.57. The van der Waals surface area contributed by atoms with Crippen LogP contribution in [0.4, 0.5) is 14.5 Å². The molecule has 0 spiro atoms. The number of hydrogen-bond donors (Lipinski definition) is 1. The minimum absolute atomic E-state index is 0.0665. The molecular weight excluding hydrogens is 308 g/mol. The second kappa shape index (κ2) is 5.68. The van der Waals surface area contributed by atoms with Crippen LogP contribution in [0.5, 0.6) is 0 Å². The quantitative estimate of drug-likeness (QED) is 0.937. The Morgan fingerprint density at radius 2 is 1.64 bits per heavy atom. The summed E-state index contributed by atoms with van der Waals surface area (Å²) in [6.07, 6.45) is 3.92. The Hall–Kier alpha value is -1.95. The van der Waals surface area contributed by atoms with Crippen LogP contribution in [0.3, 0.4) is 0 Å². The molecule has 116 valence electrons. The summed E-state index contributed by atoms with van der Waals surface area (Å²) in [5, 5.41) is 0. The second-order valence-corrected chi connectivity index (χ2v) is 7.05. The first-order chi connectivity index (χ1) is 10.5. The van der Waals surface area contributed by atoms with Crippen LogP contribution in [0, 0.1) is 11.6 Å². The van der Waals surface area contributed by atoms with E-state index in [9.17, 15) is 17.2 Å². The summed E-state index contributed by atoms with van der Waals surface area (Å²) in [5.74, 6) is -1.52. The number of benzene rings is 2. The fraction of sp³-hybridized carbons (Fsp3) is 0.250. The number of sulfonamides is 1. The lowest BCUT2D eigenvalue weighted by Crippen LogP contribution is -2.15. The Morgan fingerprint density at radius 1 is 0.909 bits per heavy atom. The zero-order valence-corrected chi connectivity index (χ0v) is 12.6. The maximum absolute atomic E-state index is 13.6. The molecule has 22 heavy (non-hydrogen) atoms. The molecule has 2 aromatic carbocycles. The molecule has 0 aromatic heterocycles. The van der Waals surface area contributed by atoms with Gasteiger partial charge in [0, 0.05) is 6.07 Å². The molecule has 0 fully saturated rings. The third kappa shape index (κ3) is 2.97. The topological polar surface area (TPSA) is 46.2 Å². The van der Waals surface area contributed by atoms with Gasteiger partial charge in [0.1, 0.15) is 11.6 Å². The maximum atomic E-state index is 13.6. The SMILES string of the molecule is O=S(=O)(Nc1cc(F)ccc1F)c1ccc2c(c1)CCCC2. The molecule has 1 aliphatic rings. The first kappa shape index (κ1) is 15.0. The number of fused-ring (bicyclic) bond motifs is 1. The molecule has 1 aliphatic carbocycles. The van der Waals surface area contributed by atoms with E-state index in [4.69, 9.17) is 0 Å². The van der Waals surface area contributed by atoms with Gasteiger partial charge in [-0.05, 0) is 61.1 Å². The van der Waals surface area contributed by atoms with Gasteiger partial charge in [-0.1, -0.05) is 6.07 Å². The molecular formula is C16H15F2NO2S. The zero-order chi connectivity index (χ0) is 15.7. The number of aryl methyl sites for hydroxylation is 2. The smallest absolute Gasteiger partial charge is 0.261 e. The van der Waals surface area contributed by atoms with Crippen LogP contribution in [-0.4, -0.2) is 8.42 Å². The van der Waals surface area contributed by atoms with E-state index in [1.807, 2.05) is 0 Å². The molecule has 0 bridgehead atoms. The molecule has 0 amide bonds. The fourth-order valence-corrected chi connectivity index (χ4v) is 3.76. The Morgan fingerprint density at radius 3 is 2.41 bits per heavy atom. The summed E-state index contributed by atoms with van der Waals surface area (Å²) in [6.45, 7) is 0. The highest BCUT2D eigenvalue weighted by Gasteiger charge is 2.19. The van der Waals surface area contributed by atoms with E-state index in [-0.39, 0.29) is 4.90 Å². The largest absolute Gasteiger partial charge is 0.277 e. The molecule has 0 heterocycles. The van der Waals surface area contributed by atoms with Crippen molar-refractivity contribution in [1.29, 1.82) is 0 Å². The van der Waals surface area contributed by atoms with Gasteiger partial charge in [-0.25, -0.2) is 17.2 Å². The maximum Gasteiger partial charge on any atom is 0.261 e. The number of nitrogens with one attached hydrogen (secondary N) is 1. The van der Waals surface area contributed by atoms with E-state index in [1.54, 1.807) is 12.1 Å². The molecule has 0 saturated heterocycles. The Balaban J connectivity index is 1.94. The summed E-state index contributed by atoms with van der Waals surface area (Å²) in [7, 11) is -3.94. The molecule has 3 nitrogen and oxygen atoms in total. The lowest BCUT2D eigenvalue weighted by atomic mass is 9.92. The van der Waals surface area contributed by atoms with Crippen molar-refractivity contribution in [3.05, 3.63) is 59.2 Å². The van der Waals surface area contributed by atoms with E-state index in [0.717, 1.165) is 55.0 Å². The van der Waals surface area contributed by atoms with E-state index in [2.05, 4.69) is 4.72 Å². The molecule has 0 radical (unpaired) electrons. The monoisotopic (exact) mass is 323 g/mol. The lowest BCUT2D eigenvalue weighted by Gasteiger charge is -2.17. The van der Waals surface area contributed by atoms with Crippen LogP contribution >= 0.6 is 0 Å². The van der Waals surface area contributed by atoms with Gasteiger partial charge in [-0.2, -0.15) is 0 Å². The van der Waals surface area contributed by atoms with Crippen molar-refractivity contribution in [3.8, 4) is 0 Å². The molecule has 3 rings (SSSR count). The van der Waals surface area contributed by atoms with Gasteiger partial charge in [0.25, 0.3) is 10.0 Å². The van der Waals surface area contributed by atoms with Crippen LogP contribution in [0.2, 0.25) is 0 Å². The van der Waals surface area contributed by atoms with Crippen molar-refractivity contribution >= 4 is 15.7 Å². The molecule has 1 N–H and O–H groups in total. The highest BCUT2D eigenvalue weighted by atomic mass is 32.2. The molecule has 0 atom stereocenters. The fourth-order valence-electron chi connectivity index (χ4n) is 2.66. The lowest BCUT2D eigenvalue weighted by molar-refractivity contribution is 0.594. The van der Waals surface area contributed by atoms with Crippen molar-refractivity contribution in [2.75, 3.05) is 4.72 Å². The molecule has 0 aliphatic heterocycles. The van der Waals surface area contributed by atoms with Gasteiger partial charge in [0.2, 0.25) is 0 Å². The van der Waals surface area contributed by atoms with Crippen molar-refractivity contribution in [3.63, 3.8) is 0 Å². The zero-order valence-electron chi connectivity index (χ0n) is 11.8. The first-order valence-electron chi connectivity index (χ1n) is 7.05. The third-order valence-corrected chi connectivity index (χ3v) is 5.17.